The molecule has 4 amide bonds. The van der Waals surface area contributed by atoms with Crippen molar-refractivity contribution in [1.82, 2.24) is 19.9 Å². The van der Waals surface area contributed by atoms with Crippen molar-refractivity contribution in [2.24, 2.45) is 5.73 Å². The van der Waals surface area contributed by atoms with Crippen LogP contribution < -0.4 is 36.0 Å². The average Bonchev–Trinajstić information content (AvgIpc) is 3.87. The van der Waals surface area contributed by atoms with Gasteiger partial charge in [0.25, 0.3) is 0 Å². The second-order valence-corrected chi connectivity index (χ2v) is 19.5. The molecule has 8 rings (SSSR count). The minimum Gasteiger partial charge on any atom is -0.477 e. The van der Waals surface area contributed by atoms with Crippen LogP contribution in [0.4, 0.5) is 70.6 Å². The number of aromatic nitrogens is 4. The van der Waals surface area contributed by atoms with Crippen molar-refractivity contribution in [2.45, 2.75) is 59.9 Å². The number of carboxylic acid groups (broad SMARTS) is 1. The van der Waals surface area contributed by atoms with E-state index in [4.69, 9.17) is 0 Å². The van der Waals surface area contributed by atoms with Crippen LogP contribution in [0, 0.1) is 0 Å². The maximum absolute atomic E-state index is 13.1. The van der Waals surface area contributed by atoms with Gasteiger partial charge >= 0.3 is 30.4 Å². The summed E-state index contributed by atoms with van der Waals surface area (Å²) < 4.78 is 116. The van der Waals surface area contributed by atoms with Crippen LogP contribution in [0.15, 0.2) is 70.7 Å². The molecule has 30 heteroatoms. The number of carboxylic acids is 1. The Labute approximate surface area is 404 Å². The van der Waals surface area contributed by atoms with E-state index in [0.717, 1.165) is 31.7 Å². The number of ketones is 1. The second-order valence-electron chi connectivity index (χ2n) is 15.4. The summed E-state index contributed by atoms with van der Waals surface area (Å²) >= 11 is 0. The summed E-state index contributed by atoms with van der Waals surface area (Å²) in [6.07, 6.45) is -4.84. The van der Waals surface area contributed by atoms with Crippen molar-refractivity contribution in [3.05, 3.63) is 72.3 Å². The van der Waals surface area contributed by atoms with E-state index in [9.17, 15) is 67.5 Å². The Morgan fingerprint density at radius 1 is 0.681 bits per heavy atom. The molecule has 20 nitrogen and oxygen atoms in total. The van der Waals surface area contributed by atoms with Crippen LogP contribution in [-0.2, 0) is 19.7 Å². The van der Waals surface area contributed by atoms with Crippen LogP contribution in [0.25, 0.3) is 0 Å². The highest BCUT2D eigenvalue weighted by Crippen LogP contribution is 2.41. The fourth-order valence-corrected chi connectivity index (χ4v) is 8.41. The number of rotatable bonds is 8. The first-order valence-corrected chi connectivity index (χ1v) is 23.7. The summed E-state index contributed by atoms with van der Waals surface area (Å²) in [5.41, 5.74) is 5.20. The van der Waals surface area contributed by atoms with Gasteiger partial charge in [0.15, 0.2) is 42.8 Å². The standard InChI is InChI=1S/C20H20F3N5O4S.C17H17N5O5S.C2H4F3N.2H2S/c1-33(31,32)13-2-5-17(24-10-13)26-19(30)28-12-7-9-27(11-12)15-4-3-14(25-18(15)28)16(29)6-8-20(21,22)23;1-28(26,27)11-2-5-14(18-8-11)20-17(25)22-10-6-7-21(9-10)13-4-3-12(16(23)24)19-15(13)22;3-2(4,5)1-6;;/h2-5,10,12H,6-9,11H2,1H3,(H,24,26,30);2-5,8,10H,6-7,9H2,1H3,(H,23,24)(H,18,20,25);1,6H2;2*1H2/t12-;10-;;;/m00.../s1. The Balaban J connectivity index is 0.000000264. The molecule has 8 heterocycles. The van der Waals surface area contributed by atoms with Gasteiger partial charge in [-0.05, 0) is 61.4 Å². The van der Waals surface area contributed by atoms with E-state index in [0.29, 0.717) is 43.2 Å². The van der Waals surface area contributed by atoms with Crippen LogP contribution in [-0.4, -0.2) is 135 Å². The molecule has 4 bridgehead atoms. The number of nitrogens with zero attached hydrogens (tertiary/aromatic N) is 8. The van der Waals surface area contributed by atoms with Gasteiger partial charge in [0.2, 0.25) is 0 Å². The van der Waals surface area contributed by atoms with E-state index in [1.54, 1.807) is 12.1 Å². The molecule has 0 unspecified atom stereocenters. The molecule has 0 spiro atoms. The lowest BCUT2D eigenvalue weighted by atomic mass is 10.1. The predicted octanol–water partition coefficient (Wildman–Crippen LogP) is 4.98. The fraction of sp³-hybridized carbons (Fsp3) is 0.385. The lowest BCUT2D eigenvalue weighted by Gasteiger charge is -2.35. The third kappa shape index (κ3) is 13.8. The van der Waals surface area contributed by atoms with Gasteiger partial charge in [-0.15, -0.1) is 0 Å². The number of sulfone groups is 2. The number of carbonyl (C=O) groups excluding carboxylic acids is 3. The maximum Gasteiger partial charge on any atom is 0.400 e. The zero-order valence-corrected chi connectivity index (χ0v) is 39.9. The SMILES string of the molecule is CS(=O)(=O)c1ccc(NC(=O)N2c3nc(C(=O)CCC(F)(F)F)ccc3N3CC[C@H]2C3)nc1.CS(=O)(=O)c1ccc(NC(=O)N2c3nc(C(=O)O)ccc3N3CC[C@H]2C3)nc1.NCC(F)(F)F.S.S. The molecule has 0 radical (unpaired) electrons. The quantitative estimate of drug-likeness (QED) is 0.134. The number of carbonyl (C=O) groups is 4. The molecule has 2 saturated heterocycles. The number of nitrogens with one attached hydrogen (secondary N) is 2. The molecule has 2 atom stereocenters. The van der Waals surface area contributed by atoms with Crippen LogP contribution in [0.5, 0.6) is 0 Å². The molecule has 4 aliphatic rings. The van der Waals surface area contributed by atoms with Crippen molar-refractivity contribution in [1.29, 1.82) is 0 Å². The van der Waals surface area contributed by atoms with Crippen molar-refractivity contribution in [3.63, 3.8) is 0 Å². The fourth-order valence-electron chi connectivity index (χ4n) is 7.29. The number of hydrogen-bond donors (Lipinski definition) is 4. The second kappa shape index (κ2) is 21.8. The Morgan fingerprint density at radius 2 is 1.09 bits per heavy atom. The molecule has 0 saturated carbocycles. The van der Waals surface area contributed by atoms with Crippen molar-refractivity contribution in [2.75, 3.05) is 75.5 Å². The summed E-state index contributed by atoms with van der Waals surface area (Å²) in [4.78, 5) is 72.9. The van der Waals surface area contributed by atoms with E-state index >= 15 is 0 Å². The summed E-state index contributed by atoms with van der Waals surface area (Å²) in [5, 5.41) is 14.5. The van der Waals surface area contributed by atoms with Crippen molar-refractivity contribution >= 4 is 105 Å². The smallest absolute Gasteiger partial charge is 0.400 e. The maximum atomic E-state index is 13.1. The Bertz CT molecular complexity index is 2780. The van der Waals surface area contributed by atoms with Crippen LogP contribution in [0.1, 0.15) is 46.7 Å². The Morgan fingerprint density at radius 3 is 1.43 bits per heavy atom. The molecule has 4 aliphatic heterocycles. The van der Waals surface area contributed by atoms with Gasteiger partial charge < -0.3 is 20.6 Å². The van der Waals surface area contributed by atoms with Crippen LogP contribution >= 0.6 is 27.0 Å². The van der Waals surface area contributed by atoms with Crippen molar-refractivity contribution in [3.8, 4) is 0 Å². The molecule has 4 aromatic heterocycles. The van der Waals surface area contributed by atoms with Gasteiger partial charge in [-0.25, -0.2) is 51.2 Å². The first-order chi connectivity index (χ1) is 31.2. The van der Waals surface area contributed by atoms with Crippen LogP contribution in [0.2, 0.25) is 0 Å². The molecular formula is C39H45F6N11O9S4. The van der Waals surface area contributed by atoms with Crippen LogP contribution in [0.3, 0.4) is 0 Å². The van der Waals surface area contributed by atoms with Gasteiger partial charge in [-0.1, -0.05) is 0 Å². The van der Waals surface area contributed by atoms with E-state index in [1.165, 1.54) is 52.4 Å². The molecule has 0 aromatic carbocycles. The number of anilines is 6. The minimum absolute atomic E-state index is 0. The predicted molar refractivity (Wildman–Crippen MR) is 250 cm³/mol. The summed E-state index contributed by atoms with van der Waals surface area (Å²) in [6.45, 7) is 1.36. The van der Waals surface area contributed by atoms with Gasteiger partial charge in [0.1, 0.15) is 17.3 Å². The highest BCUT2D eigenvalue weighted by molar-refractivity contribution is 7.91. The molecule has 69 heavy (non-hydrogen) atoms. The Hall–Kier alpha value is -5.98. The third-order valence-corrected chi connectivity index (χ3v) is 12.7. The number of amides is 4. The largest absolute Gasteiger partial charge is 0.477 e. The minimum atomic E-state index is -4.46. The first kappa shape index (κ1) is 55.6. The number of urea groups is 2. The summed E-state index contributed by atoms with van der Waals surface area (Å²) in [6, 6.07) is 9.99. The lowest BCUT2D eigenvalue weighted by Crippen LogP contribution is -2.48. The zero-order chi connectivity index (χ0) is 49.2. The number of fused-ring (bicyclic) bond motifs is 8. The van der Waals surface area contributed by atoms with Gasteiger partial charge in [0, 0.05) is 57.5 Å². The summed E-state index contributed by atoms with van der Waals surface area (Å²) in [5.74, 6) is -1.15. The molecule has 4 aromatic rings. The van der Waals surface area contributed by atoms with Gasteiger partial charge in [0.05, 0.1) is 46.2 Å². The lowest BCUT2D eigenvalue weighted by molar-refractivity contribution is -0.133. The number of alkyl halides is 6. The van der Waals surface area contributed by atoms with E-state index < -0.39 is 75.2 Å². The number of pyridine rings is 4. The highest BCUT2D eigenvalue weighted by Gasteiger charge is 2.42. The van der Waals surface area contributed by atoms with E-state index in [2.05, 4.69) is 41.2 Å². The summed E-state index contributed by atoms with van der Waals surface area (Å²) in [7, 11) is -6.83. The molecule has 0 aliphatic carbocycles. The average molecular weight is 1050 g/mol. The number of halogens is 6. The number of hydrogen-bond acceptors (Lipinski definition) is 15. The molecule has 2 fully saturated rings. The third-order valence-electron chi connectivity index (χ3n) is 10.5. The first-order valence-electron chi connectivity index (χ1n) is 19.9. The molecular weight excluding hydrogens is 1010 g/mol. The van der Waals surface area contributed by atoms with E-state index in [-0.39, 0.29) is 77.7 Å². The topological polar surface area (TPSA) is 271 Å². The van der Waals surface area contributed by atoms with Gasteiger partial charge in [-0.2, -0.15) is 53.3 Å². The monoisotopic (exact) mass is 1050 g/mol. The van der Waals surface area contributed by atoms with Gasteiger partial charge in [-0.3, -0.25) is 25.2 Å². The van der Waals surface area contributed by atoms with E-state index in [1.807, 2.05) is 4.90 Å². The Kier molecular flexibility index (Phi) is 17.5. The number of aromatic carboxylic acids is 1. The molecule has 5 N–H and O–H groups in total. The number of nitrogens with two attached hydrogens (primary N) is 1. The zero-order valence-electron chi connectivity index (χ0n) is 36.2. The highest BCUT2D eigenvalue weighted by atomic mass is 32.2. The number of Topliss-reactive ketones (excluding diaryl/α,β-unsaturated/α-hetero) is 1. The van der Waals surface area contributed by atoms with Crippen molar-refractivity contribution < 1.29 is 67.5 Å². The molecule has 376 valence electrons. The normalized spacial score (nSPS) is 16.8.